The summed E-state index contributed by atoms with van der Waals surface area (Å²) >= 11 is 0. The molecule has 2 atom stereocenters. The number of pyridine rings is 1. The van der Waals surface area contributed by atoms with Gasteiger partial charge < -0.3 is 15.6 Å². The maximum Gasteiger partial charge on any atom is 0.277 e. The van der Waals surface area contributed by atoms with Crippen LogP contribution in [0.5, 0.6) is 0 Å². The Labute approximate surface area is 222 Å². The summed E-state index contributed by atoms with van der Waals surface area (Å²) in [4.78, 5) is 33.6. The van der Waals surface area contributed by atoms with Gasteiger partial charge in [0, 0.05) is 48.4 Å². The van der Waals surface area contributed by atoms with Crippen molar-refractivity contribution in [1.29, 1.82) is 0 Å². The molecule has 206 valence electrons. The quantitative estimate of drug-likeness (QED) is 0.276. The molecule has 1 aromatic carbocycles. The second kappa shape index (κ2) is 10.9. The first-order chi connectivity index (χ1) is 18.4. The van der Waals surface area contributed by atoms with Gasteiger partial charge in [-0.2, -0.15) is 5.10 Å². The Morgan fingerprint density at radius 1 is 1.21 bits per heavy atom. The SMILES string of the molecule is Cc1cc2c(=O)n(CCC[C@H](C)Nc3cn[nH]c(=O)c3C(C)(F)F)ccc2cc1-c1ncc(C(C)F)c(N)n1. The summed E-state index contributed by atoms with van der Waals surface area (Å²) < 4.78 is 43.1. The van der Waals surface area contributed by atoms with Gasteiger partial charge in [0.1, 0.15) is 17.6 Å². The Morgan fingerprint density at radius 2 is 1.95 bits per heavy atom. The van der Waals surface area contributed by atoms with Crippen LogP contribution in [-0.4, -0.2) is 30.8 Å². The van der Waals surface area contributed by atoms with Crippen molar-refractivity contribution in [2.45, 2.75) is 65.2 Å². The predicted molar refractivity (Wildman–Crippen MR) is 145 cm³/mol. The van der Waals surface area contributed by atoms with Crippen molar-refractivity contribution >= 4 is 22.3 Å². The van der Waals surface area contributed by atoms with Crippen LogP contribution in [0.2, 0.25) is 0 Å². The van der Waals surface area contributed by atoms with E-state index in [1.54, 1.807) is 16.8 Å². The van der Waals surface area contributed by atoms with E-state index in [1.165, 1.54) is 19.3 Å². The number of hydrogen-bond acceptors (Lipinski definition) is 7. The largest absolute Gasteiger partial charge is 0.383 e. The molecule has 4 N–H and O–H groups in total. The van der Waals surface area contributed by atoms with E-state index in [0.29, 0.717) is 48.5 Å². The molecular weight excluding hydrogens is 511 g/mol. The highest BCUT2D eigenvalue weighted by molar-refractivity contribution is 5.87. The third-order valence-corrected chi connectivity index (χ3v) is 6.57. The Kier molecular flexibility index (Phi) is 7.75. The monoisotopic (exact) mass is 541 g/mol. The lowest BCUT2D eigenvalue weighted by Gasteiger charge is -2.19. The number of H-pyrrole nitrogens is 1. The number of nitrogen functional groups attached to an aromatic ring is 1. The van der Waals surface area contributed by atoms with Crippen molar-refractivity contribution in [3.05, 3.63) is 74.2 Å². The summed E-state index contributed by atoms with van der Waals surface area (Å²) in [6.07, 6.45) is 4.09. The highest BCUT2D eigenvalue weighted by Crippen LogP contribution is 2.30. The molecule has 3 aromatic heterocycles. The molecule has 0 aliphatic carbocycles. The number of alkyl halides is 3. The molecule has 39 heavy (non-hydrogen) atoms. The molecule has 0 saturated carbocycles. The minimum atomic E-state index is -3.33. The van der Waals surface area contributed by atoms with Crippen LogP contribution < -0.4 is 22.2 Å². The molecule has 0 radical (unpaired) electrons. The van der Waals surface area contributed by atoms with Gasteiger partial charge in [-0.05, 0) is 62.8 Å². The summed E-state index contributed by atoms with van der Waals surface area (Å²) in [7, 11) is 0. The number of nitrogens with two attached hydrogens (primary N) is 1. The van der Waals surface area contributed by atoms with Crippen LogP contribution >= 0.6 is 0 Å². The summed E-state index contributed by atoms with van der Waals surface area (Å²) in [6.45, 7) is 6.08. The van der Waals surface area contributed by atoms with Gasteiger partial charge in [-0.1, -0.05) is 0 Å². The zero-order valence-electron chi connectivity index (χ0n) is 22.1. The molecule has 0 fully saturated rings. The molecule has 0 spiro atoms. The van der Waals surface area contributed by atoms with E-state index in [2.05, 4.69) is 20.4 Å². The summed E-state index contributed by atoms with van der Waals surface area (Å²) in [6, 6.07) is 5.15. The van der Waals surface area contributed by atoms with E-state index in [-0.39, 0.29) is 28.7 Å². The number of aryl methyl sites for hydroxylation is 2. The minimum Gasteiger partial charge on any atom is -0.383 e. The van der Waals surface area contributed by atoms with Gasteiger partial charge in [0.25, 0.3) is 17.0 Å². The predicted octanol–water partition coefficient (Wildman–Crippen LogP) is 4.86. The third kappa shape index (κ3) is 5.94. The lowest BCUT2D eigenvalue weighted by atomic mass is 10.0. The van der Waals surface area contributed by atoms with Crippen molar-refractivity contribution in [3.63, 3.8) is 0 Å². The van der Waals surface area contributed by atoms with E-state index in [4.69, 9.17) is 5.73 Å². The standard InChI is InChI=1S/C27H30F3N7O2/c1-14-10-19-17(11-18(14)24-32-12-20(16(3)28)23(31)35-24)7-9-37(26(19)39)8-5-6-15(2)34-21-13-33-36-25(38)22(21)27(4,29)30/h7,9-13,15-16H,5-6,8H2,1-4H3,(H2,31,32,35)(H2,34,36,38)/t15-,16?/m0/s1. The Hall–Kier alpha value is -4.22. The van der Waals surface area contributed by atoms with Crippen LogP contribution in [0, 0.1) is 6.92 Å². The maximum absolute atomic E-state index is 13.9. The van der Waals surface area contributed by atoms with Crippen molar-refractivity contribution in [2.24, 2.45) is 0 Å². The number of aromatic nitrogens is 5. The number of benzene rings is 1. The lowest BCUT2D eigenvalue weighted by Crippen LogP contribution is -2.28. The summed E-state index contributed by atoms with van der Waals surface area (Å²) in [5.74, 6) is -2.91. The summed E-state index contributed by atoms with van der Waals surface area (Å²) in [5.41, 5.74) is 5.80. The number of nitrogens with zero attached hydrogens (tertiary/aromatic N) is 4. The topological polar surface area (TPSA) is 132 Å². The molecule has 9 nitrogen and oxygen atoms in total. The highest BCUT2D eigenvalue weighted by Gasteiger charge is 2.32. The fourth-order valence-electron chi connectivity index (χ4n) is 4.55. The number of anilines is 2. The van der Waals surface area contributed by atoms with Gasteiger partial charge in [0.15, 0.2) is 5.82 Å². The van der Waals surface area contributed by atoms with Crippen LogP contribution in [0.25, 0.3) is 22.2 Å². The molecule has 4 rings (SSSR count). The molecular formula is C27H30F3N7O2. The molecule has 0 amide bonds. The molecule has 1 unspecified atom stereocenters. The first kappa shape index (κ1) is 27.8. The van der Waals surface area contributed by atoms with Gasteiger partial charge in [-0.15, -0.1) is 0 Å². The number of aromatic amines is 1. The second-order valence-corrected chi connectivity index (χ2v) is 9.78. The van der Waals surface area contributed by atoms with Gasteiger partial charge in [0.05, 0.1) is 11.9 Å². The van der Waals surface area contributed by atoms with Gasteiger partial charge >= 0.3 is 0 Å². The Balaban J connectivity index is 1.49. The average molecular weight is 542 g/mol. The summed E-state index contributed by atoms with van der Waals surface area (Å²) in [5, 5.41) is 9.83. The molecule has 0 aliphatic rings. The molecule has 0 saturated heterocycles. The van der Waals surface area contributed by atoms with Crippen LogP contribution in [0.3, 0.4) is 0 Å². The third-order valence-electron chi connectivity index (χ3n) is 6.57. The van der Waals surface area contributed by atoms with Crippen molar-refractivity contribution in [2.75, 3.05) is 11.1 Å². The lowest BCUT2D eigenvalue weighted by molar-refractivity contribution is 0.0165. The highest BCUT2D eigenvalue weighted by atomic mass is 19.3. The zero-order chi connectivity index (χ0) is 28.5. The van der Waals surface area contributed by atoms with Crippen LogP contribution in [0.15, 0.2) is 46.4 Å². The number of nitrogens with one attached hydrogen (secondary N) is 2. The first-order valence-corrected chi connectivity index (χ1v) is 12.5. The number of halogens is 3. The number of fused-ring (bicyclic) bond motifs is 1. The molecule has 4 aromatic rings. The van der Waals surface area contributed by atoms with Crippen LogP contribution in [0.1, 0.15) is 56.5 Å². The Bertz CT molecular complexity index is 1630. The first-order valence-electron chi connectivity index (χ1n) is 12.5. The maximum atomic E-state index is 13.9. The van der Waals surface area contributed by atoms with Crippen molar-refractivity contribution in [3.8, 4) is 11.4 Å². The molecule has 12 heteroatoms. The number of rotatable bonds is 9. The van der Waals surface area contributed by atoms with Gasteiger partial charge in [0.2, 0.25) is 0 Å². The Morgan fingerprint density at radius 3 is 2.62 bits per heavy atom. The van der Waals surface area contributed by atoms with Crippen LogP contribution in [-0.2, 0) is 12.5 Å². The molecule has 3 heterocycles. The fraction of sp³-hybridized carbons (Fsp3) is 0.370. The van der Waals surface area contributed by atoms with Crippen LogP contribution in [0.4, 0.5) is 24.7 Å². The average Bonchev–Trinajstić information content (AvgIpc) is 2.84. The van der Waals surface area contributed by atoms with Crippen molar-refractivity contribution in [1.82, 2.24) is 24.7 Å². The van der Waals surface area contributed by atoms with E-state index < -0.39 is 23.2 Å². The minimum absolute atomic E-state index is 0.0208. The van der Waals surface area contributed by atoms with Gasteiger partial charge in [-0.3, -0.25) is 9.59 Å². The number of hydrogen-bond donors (Lipinski definition) is 3. The molecule has 0 aliphatic heterocycles. The smallest absolute Gasteiger partial charge is 0.277 e. The fourth-order valence-corrected chi connectivity index (χ4v) is 4.55. The normalized spacial score (nSPS) is 13.4. The van der Waals surface area contributed by atoms with E-state index >= 15 is 0 Å². The van der Waals surface area contributed by atoms with Gasteiger partial charge in [-0.25, -0.2) is 28.2 Å². The second-order valence-electron chi connectivity index (χ2n) is 9.78. The van der Waals surface area contributed by atoms with E-state index in [9.17, 15) is 22.8 Å². The van der Waals surface area contributed by atoms with E-state index in [0.717, 1.165) is 5.56 Å². The van der Waals surface area contributed by atoms with E-state index in [1.807, 2.05) is 31.1 Å². The molecule has 0 bridgehead atoms. The zero-order valence-corrected chi connectivity index (χ0v) is 22.1. The van der Waals surface area contributed by atoms with Crippen molar-refractivity contribution < 1.29 is 13.2 Å².